The second-order valence-electron chi connectivity index (χ2n) is 12.8. The van der Waals surface area contributed by atoms with E-state index in [1.807, 2.05) is 48.5 Å². The number of methoxy groups -OCH3 is 2. The lowest BCUT2D eigenvalue weighted by Crippen LogP contribution is -2.41. The molecule has 0 spiro atoms. The van der Waals surface area contributed by atoms with Crippen molar-refractivity contribution in [1.82, 2.24) is 46.2 Å². The number of alkyl carbamates (subject to hydrolysis) is 2. The van der Waals surface area contributed by atoms with Crippen LogP contribution in [0.3, 0.4) is 0 Å². The minimum Gasteiger partial charge on any atom is -0.453 e. The van der Waals surface area contributed by atoms with E-state index in [1.165, 1.54) is 14.2 Å². The largest absolute Gasteiger partial charge is 0.453 e. The molecule has 15 nitrogen and oxygen atoms in total. The topological polar surface area (TPSA) is 205 Å². The maximum absolute atomic E-state index is 13.2. The summed E-state index contributed by atoms with van der Waals surface area (Å²) < 4.78 is 9.44. The number of amides is 4. The van der Waals surface area contributed by atoms with Crippen LogP contribution in [0.1, 0.15) is 60.8 Å². The second-order valence-corrected chi connectivity index (χ2v) is 12.8. The summed E-state index contributed by atoms with van der Waals surface area (Å²) in [6.07, 6.45) is 3.68. The quantitative estimate of drug-likeness (QED) is 0.0807. The third-order valence-corrected chi connectivity index (χ3v) is 8.98. The van der Waals surface area contributed by atoms with Crippen molar-refractivity contribution in [2.24, 2.45) is 0 Å². The molecule has 0 bridgehead atoms. The Bertz CT molecular complexity index is 2100. The minimum absolute atomic E-state index is 0.412. The Morgan fingerprint density at radius 1 is 0.518 bits per heavy atom. The van der Waals surface area contributed by atoms with Gasteiger partial charge in [0.1, 0.15) is 23.7 Å². The van der Waals surface area contributed by atoms with E-state index in [-0.39, 0.29) is 0 Å². The summed E-state index contributed by atoms with van der Waals surface area (Å²) in [5.74, 6) is 0.248. The molecule has 3 aromatic heterocycles. The van der Waals surface area contributed by atoms with Crippen LogP contribution in [0.15, 0.2) is 116 Å². The second kappa shape index (κ2) is 17.7. The average molecular weight is 756 g/mol. The van der Waals surface area contributed by atoms with Gasteiger partial charge in [0, 0.05) is 17.3 Å². The molecular weight excluding hydrogens is 715 g/mol. The van der Waals surface area contributed by atoms with E-state index >= 15 is 0 Å². The highest BCUT2D eigenvalue weighted by atomic mass is 16.5. The van der Waals surface area contributed by atoms with E-state index in [0.717, 1.165) is 33.8 Å². The number of benzene rings is 3. The molecule has 0 aliphatic carbocycles. The number of carbonyl (C=O) groups excluding carboxylic acids is 4. The maximum atomic E-state index is 13.2. The van der Waals surface area contributed by atoms with E-state index in [4.69, 9.17) is 9.47 Å². The van der Waals surface area contributed by atoms with Crippen LogP contribution in [-0.2, 0) is 19.1 Å². The van der Waals surface area contributed by atoms with Crippen molar-refractivity contribution in [3.05, 3.63) is 138 Å². The van der Waals surface area contributed by atoms with Gasteiger partial charge in [-0.3, -0.25) is 14.6 Å². The molecule has 6 rings (SSSR count). The predicted molar refractivity (Wildman–Crippen MR) is 207 cm³/mol. The highest BCUT2D eigenvalue weighted by Crippen LogP contribution is 2.27. The Hall–Kier alpha value is -7.29. The number of carbonyl (C=O) groups is 4. The summed E-state index contributed by atoms with van der Waals surface area (Å²) >= 11 is 0. The van der Waals surface area contributed by atoms with Gasteiger partial charge in [-0.2, -0.15) is 0 Å². The number of hydrogen-bond acceptors (Lipinski definition) is 9. The van der Waals surface area contributed by atoms with Gasteiger partial charge in [-0.1, -0.05) is 84.9 Å². The maximum Gasteiger partial charge on any atom is 0.407 e. The van der Waals surface area contributed by atoms with E-state index < -0.39 is 48.2 Å². The standard InChI is InChI=1S/C41H41N9O6/c1-24(45-38(51)34(49-40(53)55-3)28-11-7-5-8-12-28)36-43-22-32(47-36)27-17-15-26(16-18-27)31-20-19-30(21-42-31)33-23-44-37(48-33)25(2)46-39(52)35(50-41(54)56-4)29-13-9-6-10-14-29/h5-25,34-35H,1-4H3,(H,43,47)(H,44,48)(H,45,51)(H,46,52)(H,49,53)(H,50,54)/t24-,25-,34+,35+/m0/s1. The highest BCUT2D eigenvalue weighted by Gasteiger charge is 2.27. The van der Waals surface area contributed by atoms with Gasteiger partial charge in [-0.15, -0.1) is 0 Å². The highest BCUT2D eigenvalue weighted by molar-refractivity contribution is 5.88. The molecule has 56 heavy (non-hydrogen) atoms. The number of H-pyrrole nitrogens is 2. The monoisotopic (exact) mass is 755 g/mol. The Balaban J connectivity index is 1.07. The number of aromatic nitrogens is 5. The van der Waals surface area contributed by atoms with Gasteiger partial charge in [-0.25, -0.2) is 19.6 Å². The van der Waals surface area contributed by atoms with Crippen molar-refractivity contribution in [3.8, 4) is 33.8 Å². The van der Waals surface area contributed by atoms with Crippen molar-refractivity contribution in [2.45, 2.75) is 38.0 Å². The van der Waals surface area contributed by atoms with Crippen LogP contribution in [0.4, 0.5) is 9.59 Å². The molecule has 0 fully saturated rings. The van der Waals surface area contributed by atoms with Crippen LogP contribution in [0.25, 0.3) is 33.8 Å². The number of aromatic amines is 2. The molecule has 6 aromatic rings. The summed E-state index contributed by atoms with van der Waals surface area (Å²) in [6, 6.07) is 26.6. The van der Waals surface area contributed by atoms with E-state index in [1.54, 1.807) is 81.0 Å². The van der Waals surface area contributed by atoms with Crippen molar-refractivity contribution >= 4 is 24.0 Å². The predicted octanol–water partition coefficient (Wildman–Crippen LogP) is 6.08. The molecular formula is C41H41N9O6. The van der Waals surface area contributed by atoms with Gasteiger partial charge in [0.25, 0.3) is 0 Å². The fourth-order valence-electron chi connectivity index (χ4n) is 5.93. The Kier molecular flexibility index (Phi) is 12.1. The first-order valence-electron chi connectivity index (χ1n) is 17.7. The van der Waals surface area contributed by atoms with E-state index in [9.17, 15) is 19.2 Å². The normalized spacial score (nSPS) is 13.0. The number of imidazole rings is 2. The lowest BCUT2D eigenvalue weighted by molar-refractivity contribution is -0.124. The van der Waals surface area contributed by atoms with Crippen molar-refractivity contribution in [1.29, 1.82) is 0 Å². The molecule has 4 amide bonds. The smallest absolute Gasteiger partial charge is 0.407 e. The number of pyridine rings is 1. The first-order chi connectivity index (χ1) is 27.1. The molecule has 0 radical (unpaired) electrons. The number of nitrogens with zero attached hydrogens (tertiary/aromatic N) is 3. The molecule has 3 aromatic carbocycles. The van der Waals surface area contributed by atoms with Crippen LogP contribution >= 0.6 is 0 Å². The summed E-state index contributed by atoms with van der Waals surface area (Å²) in [7, 11) is 2.48. The molecule has 0 saturated heterocycles. The Labute approximate surface area is 322 Å². The van der Waals surface area contributed by atoms with Crippen LogP contribution in [-0.4, -0.2) is 63.1 Å². The van der Waals surface area contributed by atoms with Crippen LogP contribution < -0.4 is 21.3 Å². The van der Waals surface area contributed by atoms with Crippen LogP contribution in [0, 0.1) is 0 Å². The average Bonchev–Trinajstić information content (AvgIpc) is 3.94. The first-order valence-corrected chi connectivity index (χ1v) is 17.7. The van der Waals surface area contributed by atoms with Gasteiger partial charge in [0.05, 0.1) is 55.8 Å². The SMILES string of the molecule is COC(=O)N[C@@H](C(=O)N[C@@H](C)c1ncc(-c2ccc(-c3ccc(-c4cnc([C@H](C)NC(=O)[C@H](NC(=O)OC)c5ccccc5)[nH]4)cn3)cc2)[nH]1)c1ccccc1. The van der Waals surface area contributed by atoms with E-state index in [0.29, 0.717) is 22.8 Å². The van der Waals surface area contributed by atoms with Crippen LogP contribution in [0.2, 0.25) is 0 Å². The van der Waals surface area contributed by atoms with Gasteiger partial charge < -0.3 is 40.7 Å². The van der Waals surface area contributed by atoms with Crippen molar-refractivity contribution < 1.29 is 28.7 Å². The lowest BCUT2D eigenvalue weighted by Gasteiger charge is -2.20. The van der Waals surface area contributed by atoms with Gasteiger partial charge in [0.15, 0.2) is 0 Å². The number of ether oxygens (including phenoxy) is 2. The summed E-state index contributed by atoms with van der Waals surface area (Å²) in [6.45, 7) is 3.60. The third kappa shape index (κ3) is 9.25. The van der Waals surface area contributed by atoms with Crippen molar-refractivity contribution in [3.63, 3.8) is 0 Å². The summed E-state index contributed by atoms with van der Waals surface area (Å²) in [5, 5.41) is 11.0. The number of hydrogen-bond donors (Lipinski definition) is 6. The number of rotatable bonds is 13. The molecule has 0 aliphatic heterocycles. The summed E-state index contributed by atoms with van der Waals surface area (Å²) in [4.78, 5) is 70.6. The molecule has 4 atom stereocenters. The van der Waals surface area contributed by atoms with Gasteiger partial charge >= 0.3 is 12.2 Å². The van der Waals surface area contributed by atoms with Crippen molar-refractivity contribution in [2.75, 3.05) is 14.2 Å². The van der Waals surface area contributed by atoms with E-state index in [2.05, 4.69) is 46.2 Å². The summed E-state index contributed by atoms with van der Waals surface area (Å²) in [5.41, 5.74) is 6.07. The molecule has 0 unspecified atom stereocenters. The lowest BCUT2D eigenvalue weighted by atomic mass is 10.1. The van der Waals surface area contributed by atoms with Crippen LogP contribution in [0.5, 0.6) is 0 Å². The Morgan fingerprint density at radius 3 is 1.38 bits per heavy atom. The molecule has 0 saturated carbocycles. The molecule has 286 valence electrons. The zero-order valence-corrected chi connectivity index (χ0v) is 31.1. The minimum atomic E-state index is -0.954. The Morgan fingerprint density at radius 2 is 0.946 bits per heavy atom. The fraction of sp³-hybridized carbons (Fsp3) is 0.195. The fourth-order valence-corrected chi connectivity index (χ4v) is 5.93. The molecule has 3 heterocycles. The zero-order chi connectivity index (χ0) is 39.6. The molecule has 15 heteroatoms. The molecule has 6 N–H and O–H groups in total. The molecule has 0 aliphatic rings. The van der Waals surface area contributed by atoms with Gasteiger partial charge in [0.2, 0.25) is 11.8 Å². The zero-order valence-electron chi connectivity index (χ0n) is 31.1. The third-order valence-electron chi connectivity index (χ3n) is 8.98. The van der Waals surface area contributed by atoms with Gasteiger partial charge in [-0.05, 0) is 42.7 Å². The first kappa shape index (κ1) is 38.4. The number of nitrogens with one attached hydrogen (secondary N) is 6.